The fraction of sp³-hybridized carbons (Fsp3) is 0.300. The van der Waals surface area contributed by atoms with Crippen molar-refractivity contribution in [3.05, 3.63) is 35.1 Å². The summed E-state index contributed by atoms with van der Waals surface area (Å²) in [5.74, 6) is -0.667. The first-order valence-electron chi connectivity index (χ1n) is 4.39. The van der Waals surface area contributed by atoms with Gasteiger partial charge in [0.15, 0.2) is 0 Å². The minimum absolute atomic E-state index is 0.297. The number of aryl methyl sites for hydroxylation is 1. The molecule has 1 rings (SSSR count). The van der Waals surface area contributed by atoms with Gasteiger partial charge in [-0.25, -0.2) is 4.39 Å². The molecule has 3 nitrogen and oxygen atoms in total. The summed E-state index contributed by atoms with van der Waals surface area (Å²) in [6.45, 7) is 2.42. The summed E-state index contributed by atoms with van der Waals surface area (Å²) < 4.78 is 13.1. The lowest BCUT2D eigenvalue weighted by molar-refractivity contribution is 0.0954. The third-order valence-electron chi connectivity index (χ3n) is 1.86. The highest BCUT2D eigenvalue weighted by Crippen LogP contribution is 2.08. The summed E-state index contributed by atoms with van der Waals surface area (Å²) in [7, 11) is 0. The first kappa shape index (κ1) is 10.7. The number of hydrogen-bond acceptors (Lipinski definition) is 2. The molecule has 0 fully saturated rings. The summed E-state index contributed by atoms with van der Waals surface area (Å²) in [5.41, 5.74) is 6.07. The van der Waals surface area contributed by atoms with Crippen molar-refractivity contribution in [1.82, 2.24) is 5.32 Å². The highest BCUT2D eigenvalue weighted by atomic mass is 19.1. The molecular weight excluding hydrogens is 183 g/mol. The van der Waals surface area contributed by atoms with Crippen LogP contribution >= 0.6 is 0 Å². The molecule has 0 radical (unpaired) electrons. The molecule has 0 aliphatic heterocycles. The van der Waals surface area contributed by atoms with Crippen molar-refractivity contribution in [3.63, 3.8) is 0 Å². The molecule has 4 heteroatoms. The molecule has 14 heavy (non-hydrogen) atoms. The van der Waals surface area contributed by atoms with Gasteiger partial charge in [0, 0.05) is 18.7 Å². The zero-order valence-electron chi connectivity index (χ0n) is 8.01. The van der Waals surface area contributed by atoms with Crippen LogP contribution in [0.25, 0.3) is 0 Å². The highest BCUT2D eigenvalue weighted by molar-refractivity contribution is 5.94. The lowest BCUT2D eigenvalue weighted by atomic mass is 10.1. The maximum Gasteiger partial charge on any atom is 0.251 e. The van der Waals surface area contributed by atoms with Gasteiger partial charge >= 0.3 is 0 Å². The van der Waals surface area contributed by atoms with Crippen molar-refractivity contribution in [2.45, 2.75) is 6.92 Å². The van der Waals surface area contributed by atoms with Crippen LogP contribution in [0, 0.1) is 12.7 Å². The van der Waals surface area contributed by atoms with Gasteiger partial charge in [-0.15, -0.1) is 0 Å². The van der Waals surface area contributed by atoms with Crippen molar-refractivity contribution in [2.75, 3.05) is 13.1 Å². The van der Waals surface area contributed by atoms with E-state index in [0.717, 1.165) is 0 Å². The fourth-order valence-corrected chi connectivity index (χ4v) is 1.02. The first-order chi connectivity index (χ1) is 6.65. The second-order valence-electron chi connectivity index (χ2n) is 3.01. The molecule has 1 aromatic rings. The standard InChI is InChI=1S/C10H13FN2O/c1-7-2-3-8(6-9(7)11)10(14)13-5-4-12/h2-3,6H,4-5,12H2,1H3,(H,13,14). The van der Waals surface area contributed by atoms with Gasteiger partial charge in [-0.3, -0.25) is 4.79 Å². The summed E-state index contributed by atoms with van der Waals surface area (Å²) in [5, 5.41) is 2.56. The Kier molecular flexibility index (Phi) is 3.59. The minimum atomic E-state index is -0.370. The maximum atomic E-state index is 13.1. The SMILES string of the molecule is Cc1ccc(C(=O)NCCN)cc1F. The van der Waals surface area contributed by atoms with Crippen LogP contribution in [0.3, 0.4) is 0 Å². The van der Waals surface area contributed by atoms with Crippen LogP contribution in [0.1, 0.15) is 15.9 Å². The third kappa shape index (κ3) is 2.53. The Hall–Kier alpha value is -1.42. The largest absolute Gasteiger partial charge is 0.351 e. The van der Waals surface area contributed by atoms with Gasteiger partial charge in [0.25, 0.3) is 5.91 Å². The molecule has 0 unspecified atom stereocenters. The number of rotatable bonds is 3. The molecule has 0 aliphatic carbocycles. The lowest BCUT2D eigenvalue weighted by Gasteiger charge is -2.04. The Morgan fingerprint density at radius 3 is 2.86 bits per heavy atom. The average molecular weight is 196 g/mol. The van der Waals surface area contributed by atoms with E-state index in [4.69, 9.17) is 5.73 Å². The van der Waals surface area contributed by atoms with Gasteiger partial charge < -0.3 is 11.1 Å². The molecular formula is C10H13FN2O. The monoisotopic (exact) mass is 196 g/mol. The number of carbonyl (C=O) groups is 1. The quantitative estimate of drug-likeness (QED) is 0.752. The van der Waals surface area contributed by atoms with Crippen molar-refractivity contribution in [3.8, 4) is 0 Å². The highest BCUT2D eigenvalue weighted by Gasteiger charge is 2.06. The summed E-state index contributed by atoms with van der Waals surface area (Å²) in [6, 6.07) is 4.39. The van der Waals surface area contributed by atoms with E-state index in [-0.39, 0.29) is 11.7 Å². The number of nitrogens with one attached hydrogen (secondary N) is 1. The Labute approximate surface area is 82.1 Å². The zero-order valence-corrected chi connectivity index (χ0v) is 8.01. The second-order valence-corrected chi connectivity index (χ2v) is 3.01. The summed E-state index contributed by atoms with van der Waals surface area (Å²) in [4.78, 5) is 11.3. The van der Waals surface area contributed by atoms with Crippen LogP contribution < -0.4 is 11.1 Å². The number of carbonyl (C=O) groups excluding carboxylic acids is 1. The van der Waals surface area contributed by atoms with Crippen molar-refractivity contribution >= 4 is 5.91 Å². The molecule has 0 aliphatic rings. The molecule has 1 aromatic carbocycles. The Bertz CT molecular complexity index is 339. The van der Waals surface area contributed by atoms with Crippen LogP contribution in [0.15, 0.2) is 18.2 Å². The number of halogens is 1. The van der Waals surface area contributed by atoms with Crippen LogP contribution in [0.4, 0.5) is 4.39 Å². The molecule has 0 saturated carbocycles. The predicted octanol–water partition coefficient (Wildman–Crippen LogP) is 0.823. The molecule has 0 bridgehead atoms. The van der Waals surface area contributed by atoms with Crippen LogP contribution in [-0.4, -0.2) is 19.0 Å². The van der Waals surface area contributed by atoms with E-state index in [2.05, 4.69) is 5.32 Å². The fourth-order valence-electron chi connectivity index (χ4n) is 1.02. The van der Waals surface area contributed by atoms with Gasteiger partial charge in [-0.2, -0.15) is 0 Å². The van der Waals surface area contributed by atoms with E-state index in [0.29, 0.717) is 24.2 Å². The van der Waals surface area contributed by atoms with Crippen LogP contribution in [0.5, 0.6) is 0 Å². The van der Waals surface area contributed by atoms with E-state index in [1.165, 1.54) is 6.07 Å². The Morgan fingerprint density at radius 2 is 2.29 bits per heavy atom. The smallest absolute Gasteiger partial charge is 0.251 e. The molecule has 0 atom stereocenters. The van der Waals surface area contributed by atoms with E-state index in [1.54, 1.807) is 19.1 Å². The topological polar surface area (TPSA) is 55.1 Å². The summed E-state index contributed by atoms with van der Waals surface area (Å²) in [6.07, 6.45) is 0. The van der Waals surface area contributed by atoms with E-state index < -0.39 is 0 Å². The molecule has 0 saturated heterocycles. The van der Waals surface area contributed by atoms with Crippen molar-refractivity contribution < 1.29 is 9.18 Å². The zero-order chi connectivity index (χ0) is 10.6. The van der Waals surface area contributed by atoms with Gasteiger partial charge in [0.05, 0.1) is 0 Å². The average Bonchev–Trinajstić information content (AvgIpc) is 2.18. The van der Waals surface area contributed by atoms with Crippen LogP contribution in [-0.2, 0) is 0 Å². The van der Waals surface area contributed by atoms with E-state index >= 15 is 0 Å². The van der Waals surface area contributed by atoms with Gasteiger partial charge in [0.2, 0.25) is 0 Å². The Morgan fingerprint density at radius 1 is 1.57 bits per heavy atom. The van der Waals surface area contributed by atoms with Crippen molar-refractivity contribution in [2.24, 2.45) is 5.73 Å². The predicted molar refractivity (Wildman–Crippen MR) is 52.5 cm³/mol. The maximum absolute atomic E-state index is 13.1. The molecule has 3 N–H and O–H groups in total. The molecule has 76 valence electrons. The molecule has 0 heterocycles. The number of nitrogens with two attached hydrogens (primary N) is 1. The van der Waals surface area contributed by atoms with E-state index in [1.807, 2.05) is 0 Å². The van der Waals surface area contributed by atoms with Crippen LogP contribution in [0.2, 0.25) is 0 Å². The van der Waals surface area contributed by atoms with E-state index in [9.17, 15) is 9.18 Å². The van der Waals surface area contributed by atoms with Gasteiger partial charge in [-0.1, -0.05) is 6.07 Å². The first-order valence-corrected chi connectivity index (χ1v) is 4.39. The lowest BCUT2D eigenvalue weighted by Crippen LogP contribution is -2.29. The van der Waals surface area contributed by atoms with Gasteiger partial charge in [0.1, 0.15) is 5.82 Å². The Balaban J connectivity index is 2.76. The number of benzene rings is 1. The summed E-state index contributed by atoms with van der Waals surface area (Å²) >= 11 is 0. The minimum Gasteiger partial charge on any atom is -0.351 e. The normalized spacial score (nSPS) is 9.93. The molecule has 0 aromatic heterocycles. The van der Waals surface area contributed by atoms with Crippen molar-refractivity contribution in [1.29, 1.82) is 0 Å². The van der Waals surface area contributed by atoms with Gasteiger partial charge in [-0.05, 0) is 24.6 Å². The second kappa shape index (κ2) is 4.72. The third-order valence-corrected chi connectivity index (χ3v) is 1.86. The molecule has 1 amide bonds. The number of amides is 1. The molecule has 0 spiro atoms. The number of hydrogen-bond donors (Lipinski definition) is 2.